The molecule has 1 heterocycles. The van der Waals surface area contributed by atoms with Crippen molar-refractivity contribution >= 4 is 23.7 Å². The van der Waals surface area contributed by atoms with Crippen molar-refractivity contribution in [3.63, 3.8) is 0 Å². The lowest BCUT2D eigenvalue weighted by atomic mass is 10.0. The number of ether oxygens (including phenoxy) is 1. The van der Waals surface area contributed by atoms with Gasteiger partial charge >= 0.3 is 5.97 Å². The minimum absolute atomic E-state index is 0.110. The summed E-state index contributed by atoms with van der Waals surface area (Å²) in [7, 11) is 0. The summed E-state index contributed by atoms with van der Waals surface area (Å²) in [6, 6.07) is 16.1. The fourth-order valence-corrected chi connectivity index (χ4v) is 2.92. The van der Waals surface area contributed by atoms with Gasteiger partial charge in [0.25, 0.3) is 17.7 Å². The van der Waals surface area contributed by atoms with Crippen LogP contribution in [0.3, 0.4) is 0 Å². The second-order valence-corrected chi connectivity index (χ2v) is 6.52. The molecule has 144 valence electrons. The summed E-state index contributed by atoms with van der Waals surface area (Å²) >= 11 is 0. The van der Waals surface area contributed by atoms with Crippen LogP contribution < -0.4 is 5.32 Å². The lowest BCUT2D eigenvalue weighted by Gasteiger charge is -2.14. The number of rotatable bonds is 7. The molecule has 0 unspecified atom stereocenters. The molecule has 1 N–H and O–H groups in total. The van der Waals surface area contributed by atoms with Gasteiger partial charge in [0.2, 0.25) is 0 Å². The van der Waals surface area contributed by atoms with Gasteiger partial charge in [-0.15, -0.1) is 0 Å². The molecule has 0 saturated carbocycles. The highest BCUT2D eigenvalue weighted by molar-refractivity contribution is 6.22. The van der Waals surface area contributed by atoms with E-state index in [0.717, 1.165) is 10.5 Å². The van der Waals surface area contributed by atoms with Gasteiger partial charge in [-0.2, -0.15) is 0 Å². The Morgan fingerprint density at radius 1 is 0.964 bits per heavy atom. The van der Waals surface area contributed by atoms with E-state index in [-0.39, 0.29) is 17.0 Å². The summed E-state index contributed by atoms with van der Waals surface area (Å²) in [5, 5.41) is 2.70. The zero-order valence-electron chi connectivity index (χ0n) is 15.4. The van der Waals surface area contributed by atoms with Crippen LogP contribution in [0.25, 0.3) is 0 Å². The first-order chi connectivity index (χ1) is 13.5. The van der Waals surface area contributed by atoms with Gasteiger partial charge in [-0.3, -0.25) is 24.1 Å². The first-order valence-corrected chi connectivity index (χ1v) is 8.90. The molecular formula is C21H20N2O5. The molecule has 0 fully saturated rings. The SMILES string of the molecule is C[C@@H](CNC(=O)COC(=O)CN1C(=O)c2ccccc2C1=O)c1ccccc1. The van der Waals surface area contributed by atoms with Gasteiger partial charge in [0.05, 0.1) is 11.1 Å². The summed E-state index contributed by atoms with van der Waals surface area (Å²) in [6.07, 6.45) is 0. The third-order valence-corrected chi connectivity index (χ3v) is 4.50. The molecule has 0 spiro atoms. The third kappa shape index (κ3) is 4.25. The largest absolute Gasteiger partial charge is 0.454 e. The van der Waals surface area contributed by atoms with E-state index in [9.17, 15) is 19.2 Å². The fourth-order valence-electron chi connectivity index (χ4n) is 2.92. The fraction of sp³-hybridized carbons (Fsp3) is 0.238. The van der Waals surface area contributed by atoms with Crippen LogP contribution in [0, 0.1) is 0 Å². The Labute approximate surface area is 162 Å². The van der Waals surface area contributed by atoms with Gasteiger partial charge in [-0.1, -0.05) is 49.4 Å². The maximum atomic E-state index is 12.2. The summed E-state index contributed by atoms with van der Waals surface area (Å²) in [4.78, 5) is 49.1. The second-order valence-electron chi connectivity index (χ2n) is 6.52. The normalized spacial score (nSPS) is 13.8. The molecule has 2 aromatic rings. The first-order valence-electron chi connectivity index (χ1n) is 8.90. The highest BCUT2D eigenvalue weighted by atomic mass is 16.5. The van der Waals surface area contributed by atoms with Crippen molar-refractivity contribution in [1.82, 2.24) is 10.2 Å². The maximum absolute atomic E-state index is 12.2. The lowest BCUT2D eigenvalue weighted by Crippen LogP contribution is -2.37. The van der Waals surface area contributed by atoms with E-state index in [1.165, 1.54) is 12.1 Å². The quantitative estimate of drug-likeness (QED) is 0.583. The van der Waals surface area contributed by atoms with Gasteiger partial charge in [0.1, 0.15) is 6.54 Å². The molecular weight excluding hydrogens is 360 g/mol. The minimum atomic E-state index is -0.819. The van der Waals surface area contributed by atoms with Crippen LogP contribution in [0.2, 0.25) is 0 Å². The van der Waals surface area contributed by atoms with E-state index >= 15 is 0 Å². The number of amides is 3. The molecule has 0 aliphatic carbocycles. The molecule has 1 aliphatic rings. The van der Waals surface area contributed by atoms with Crippen LogP contribution in [0.15, 0.2) is 54.6 Å². The molecule has 2 aromatic carbocycles. The number of benzene rings is 2. The molecule has 1 aliphatic heterocycles. The molecule has 1 atom stereocenters. The molecule has 3 rings (SSSR count). The summed E-state index contributed by atoms with van der Waals surface area (Å²) in [5.41, 5.74) is 1.60. The van der Waals surface area contributed by atoms with Crippen LogP contribution in [-0.2, 0) is 14.3 Å². The summed E-state index contributed by atoms with van der Waals surface area (Å²) < 4.78 is 4.90. The van der Waals surface area contributed by atoms with Crippen molar-refractivity contribution in [2.45, 2.75) is 12.8 Å². The van der Waals surface area contributed by atoms with Crippen LogP contribution in [0.4, 0.5) is 0 Å². The number of hydrogen-bond donors (Lipinski definition) is 1. The number of fused-ring (bicyclic) bond motifs is 1. The van der Waals surface area contributed by atoms with E-state index < -0.39 is 36.8 Å². The first kappa shape index (κ1) is 19.3. The molecule has 0 aromatic heterocycles. The number of esters is 1. The van der Waals surface area contributed by atoms with E-state index in [0.29, 0.717) is 6.54 Å². The standard InChI is InChI=1S/C21H20N2O5/c1-14(15-7-3-2-4-8-15)11-22-18(24)13-28-19(25)12-23-20(26)16-9-5-6-10-17(16)21(23)27/h2-10,14H,11-13H2,1H3,(H,22,24)/t14-/m0/s1. The third-order valence-electron chi connectivity index (χ3n) is 4.50. The van der Waals surface area contributed by atoms with E-state index in [1.807, 2.05) is 37.3 Å². The van der Waals surface area contributed by atoms with Gasteiger partial charge in [-0.25, -0.2) is 0 Å². The van der Waals surface area contributed by atoms with Crippen LogP contribution in [0.5, 0.6) is 0 Å². The van der Waals surface area contributed by atoms with E-state index in [4.69, 9.17) is 4.74 Å². The van der Waals surface area contributed by atoms with Gasteiger partial charge in [0, 0.05) is 6.54 Å². The number of nitrogens with zero attached hydrogens (tertiary/aromatic N) is 1. The molecule has 0 saturated heterocycles. The lowest BCUT2D eigenvalue weighted by molar-refractivity contribution is -0.148. The highest BCUT2D eigenvalue weighted by Gasteiger charge is 2.36. The summed E-state index contributed by atoms with van der Waals surface area (Å²) in [5.74, 6) is -2.24. The average Bonchev–Trinajstić information content (AvgIpc) is 2.96. The van der Waals surface area contributed by atoms with Crippen molar-refractivity contribution in [3.05, 3.63) is 71.3 Å². The Morgan fingerprint density at radius 2 is 1.54 bits per heavy atom. The van der Waals surface area contributed by atoms with Gasteiger partial charge < -0.3 is 10.1 Å². The number of imide groups is 1. The molecule has 7 nitrogen and oxygen atoms in total. The van der Waals surface area contributed by atoms with Gasteiger partial charge in [0.15, 0.2) is 6.61 Å². The molecule has 7 heteroatoms. The van der Waals surface area contributed by atoms with Crippen LogP contribution in [-0.4, -0.2) is 48.3 Å². The van der Waals surface area contributed by atoms with Crippen LogP contribution in [0.1, 0.15) is 39.1 Å². The molecule has 28 heavy (non-hydrogen) atoms. The average molecular weight is 380 g/mol. The predicted molar refractivity (Wildman–Crippen MR) is 101 cm³/mol. The minimum Gasteiger partial charge on any atom is -0.454 e. The Morgan fingerprint density at radius 3 is 2.14 bits per heavy atom. The topological polar surface area (TPSA) is 92.8 Å². The summed E-state index contributed by atoms with van der Waals surface area (Å²) in [6.45, 7) is 1.38. The van der Waals surface area contributed by atoms with Crippen LogP contribution >= 0.6 is 0 Å². The number of hydrogen-bond acceptors (Lipinski definition) is 5. The van der Waals surface area contributed by atoms with Crippen molar-refractivity contribution < 1.29 is 23.9 Å². The number of carbonyl (C=O) groups is 4. The molecule has 3 amide bonds. The predicted octanol–water partition coefficient (Wildman–Crippen LogP) is 1.75. The van der Waals surface area contributed by atoms with Crippen molar-refractivity contribution in [2.24, 2.45) is 0 Å². The highest BCUT2D eigenvalue weighted by Crippen LogP contribution is 2.22. The number of nitrogens with one attached hydrogen (secondary N) is 1. The molecule has 0 bridgehead atoms. The zero-order valence-corrected chi connectivity index (χ0v) is 15.4. The Hall–Kier alpha value is -3.48. The molecule has 0 radical (unpaired) electrons. The Bertz CT molecular complexity index is 875. The second kappa shape index (κ2) is 8.47. The van der Waals surface area contributed by atoms with Crippen molar-refractivity contribution in [2.75, 3.05) is 19.7 Å². The van der Waals surface area contributed by atoms with E-state index in [1.54, 1.807) is 12.1 Å². The van der Waals surface area contributed by atoms with Gasteiger partial charge in [-0.05, 0) is 23.6 Å². The Kier molecular flexibility index (Phi) is 5.84. The van der Waals surface area contributed by atoms with Crippen molar-refractivity contribution in [1.29, 1.82) is 0 Å². The Balaban J connectivity index is 1.44. The van der Waals surface area contributed by atoms with E-state index in [2.05, 4.69) is 5.32 Å². The number of carbonyl (C=O) groups excluding carboxylic acids is 4. The maximum Gasteiger partial charge on any atom is 0.326 e. The smallest absolute Gasteiger partial charge is 0.326 e. The zero-order chi connectivity index (χ0) is 20.1. The van der Waals surface area contributed by atoms with Crippen molar-refractivity contribution in [3.8, 4) is 0 Å². The monoisotopic (exact) mass is 380 g/mol.